The third kappa shape index (κ3) is 6.36. The number of aromatic nitrogens is 3. The Bertz CT molecular complexity index is 2170. The molecule has 1 radical (unpaired) electrons. The molecule has 0 aliphatic rings. The summed E-state index contributed by atoms with van der Waals surface area (Å²) < 4.78 is 47.3. The molecule has 0 saturated carbocycles. The monoisotopic (exact) mass is 752 g/mol. The molecule has 7 rings (SSSR count). The van der Waals surface area contributed by atoms with Crippen molar-refractivity contribution >= 4 is 43.5 Å². The van der Waals surface area contributed by atoms with E-state index in [1.54, 1.807) is 12.3 Å². The fraction of sp³-hybridized carbons (Fsp3) is 0.194. The Kier molecular flexibility index (Phi) is 6.96. The molecule has 0 amide bonds. The number of benzene rings is 2. The van der Waals surface area contributed by atoms with Crippen LogP contribution in [0.5, 0.6) is 0 Å². The molecule has 7 aromatic rings. The third-order valence-electron chi connectivity index (χ3n) is 6.51. The van der Waals surface area contributed by atoms with Crippen LogP contribution in [0.25, 0.3) is 54.7 Å². The summed E-state index contributed by atoms with van der Waals surface area (Å²) >= 11 is 1.48. The molecule has 6 heteroatoms. The van der Waals surface area contributed by atoms with Crippen molar-refractivity contribution in [2.45, 2.75) is 40.9 Å². The largest absolute Gasteiger partial charge is 0.437 e. The fourth-order valence-corrected chi connectivity index (χ4v) is 5.48. The molecule has 2 aromatic carbocycles. The van der Waals surface area contributed by atoms with E-state index in [9.17, 15) is 0 Å². The number of pyridine rings is 3. The number of thiophene rings is 1. The van der Waals surface area contributed by atoms with E-state index < -0.39 is 18.6 Å². The number of nitrogens with zero attached hydrogens (tertiary/aromatic N) is 3. The van der Waals surface area contributed by atoms with E-state index in [0.29, 0.717) is 16.8 Å². The molecule has 0 fully saturated rings. The summed E-state index contributed by atoms with van der Waals surface area (Å²) in [6, 6.07) is 25.9. The smallest absolute Gasteiger partial charge is 0.227 e. The van der Waals surface area contributed by atoms with Gasteiger partial charge in [0.2, 0.25) is 5.71 Å². The van der Waals surface area contributed by atoms with E-state index >= 15 is 0 Å². The molecular weight excluding hydrogens is 715 g/mol. The van der Waals surface area contributed by atoms with E-state index in [1.165, 1.54) is 23.0 Å². The van der Waals surface area contributed by atoms with Gasteiger partial charge in [-0.05, 0) is 77.4 Å². The summed E-state index contributed by atoms with van der Waals surface area (Å²) in [6.07, 6.45) is 2.12. The predicted molar refractivity (Wildman–Crippen MR) is 171 cm³/mol. The quantitative estimate of drug-likeness (QED) is 0.169. The van der Waals surface area contributed by atoms with E-state index in [-0.39, 0.29) is 31.5 Å². The summed E-state index contributed by atoms with van der Waals surface area (Å²) in [5.74, 6) is 0. The maximum Gasteiger partial charge on any atom is 0.227 e. The van der Waals surface area contributed by atoms with E-state index in [1.807, 2.05) is 93.9 Å². The van der Waals surface area contributed by atoms with Crippen molar-refractivity contribution in [3.63, 3.8) is 0 Å². The van der Waals surface area contributed by atoms with Gasteiger partial charge in [-0.15, -0.1) is 47.2 Å². The average molecular weight is 752 g/mol. The molecule has 213 valence electrons. The minimum atomic E-state index is -2.32. The van der Waals surface area contributed by atoms with Gasteiger partial charge in [0.1, 0.15) is 5.58 Å². The van der Waals surface area contributed by atoms with Gasteiger partial charge >= 0.3 is 0 Å². The second kappa shape index (κ2) is 12.3. The summed E-state index contributed by atoms with van der Waals surface area (Å²) in [5, 5.41) is 4.27. The van der Waals surface area contributed by atoms with Crippen molar-refractivity contribution in [2.24, 2.45) is 5.41 Å². The van der Waals surface area contributed by atoms with Crippen molar-refractivity contribution < 1.29 is 31.4 Å². The summed E-state index contributed by atoms with van der Waals surface area (Å²) in [5.41, 5.74) is 5.52. The zero-order valence-electron chi connectivity index (χ0n) is 28.7. The summed E-state index contributed by atoms with van der Waals surface area (Å²) in [6.45, 7) is 5.41. The predicted octanol–water partition coefficient (Wildman–Crippen LogP) is 10.0. The van der Waals surface area contributed by atoms with Crippen LogP contribution in [0.2, 0.25) is 0 Å². The summed E-state index contributed by atoms with van der Waals surface area (Å²) in [7, 11) is 0. The van der Waals surface area contributed by atoms with Crippen molar-refractivity contribution in [1.82, 2.24) is 15.0 Å². The van der Waals surface area contributed by atoms with Gasteiger partial charge in [-0.2, -0.15) is 0 Å². The molecular formula is C36H32IrN3OS-. The number of hydrogen-bond donors (Lipinski definition) is 0. The second-order valence-electron chi connectivity index (χ2n) is 10.9. The normalized spacial score (nSPS) is 13.8. The number of aryl methyl sites for hydroxylation is 2. The van der Waals surface area contributed by atoms with Crippen LogP contribution < -0.4 is 0 Å². The molecule has 4 nitrogen and oxygen atoms in total. The van der Waals surface area contributed by atoms with Crippen LogP contribution in [0, 0.1) is 25.3 Å². The van der Waals surface area contributed by atoms with Gasteiger partial charge in [0.05, 0.1) is 10.4 Å². The minimum Gasteiger partial charge on any atom is -0.437 e. The van der Waals surface area contributed by atoms with Gasteiger partial charge in [0.15, 0.2) is 0 Å². The van der Waals surface area contributed by atoms with Crippen LogP contribution in [0.15, 0.2) is 95.0 Å². The van der Waals surface area contributed by atoms with Crippen LogP contribution in [-0.2, 0) is 26.5 Å². The van der Waals surface area contributed by atoms with Gasteiger partial charge in [-0.25, -0.2) is 4.98 Å². The molecule has 42 heavy (non-hydrogen) atoms. The van der Waals surface area contributed by atoms with E-state index in [2.05, 4.69) is 27.1 Å². The zero-order valence-corrected chi connectivity index (χ0v) is 26.9. The number of rotatable bonds is 3. The Morgan fingerprint density at radius 3 is 2.52 bits per heavy atom. The molecule has 0 saturated heterocycles. The second-order valence-corrected chi connectivity index (χ2v) is 11.8. The SMILES string of the molecule is Cc1ccc(-c2[c-]cccc2)nc1.[2H]C([2H])([2H])c1ccc2c(n1)oc1c(-c3cc4c(C([2H])([2H])C(C)(C)C)csc4cn3)cccc12.[Ir]. The van der Waals surface area contributed by atoms with Gasteiger partial charge in [0.25, 0.3) is 0 Å². The molecule has 0 aliphatic carbocycles. The van der Waals surface area contributed by atoms with Crippen molar-refractivity contribution in [3.05, 3.63) is 113 Å². The molecule has 0 aliphatic heterocycles. The van der Waals surface area contributed by atoms with E-state index in [4.69, 9.17) is 11.3 Å². The van der Waals surface area contributed by atoms with Crippen LogP contribution in [0.3, 0.4) is 0 Å². The molecule has 5 aromatic heterocycles. The first-order valence-corrected chi connectivity index (χ1v) is 14.2. The Labute approximate surface area is 271 Å². The van der Waals surface area contributed by atoms with Gasteiger partial charge < -0.3 is 9.40 Å². The minimum absolute atomic E-state index is 0. The Morgan fingerprint density at radius 2 is 1.79 bits per heavy atom. The number of fused-ring (bicyclic) bond motifs is 4. The maximum atomic E-state index is 8.75. The molecule has 0 unspecified atom stereocenters. The summed E-state index contributed by atoms with van der Waals surface area (Å²) in [4.78, 5) is 13.2. The van der Waals surface area contributed by atoms with E-state index in [0.717, 1.165) is 37.7 Å². The first-order valence-electron chi connectivity index (χ1n) is 15.8. The van der Waals surface area contributed by atoms with Crippen LogP contribution >= 0.6 is 11.3 Å². The Balaban J connectivity index is 0.000000260. The number of hydrogen-bond acceptors (Lipinski definition) is 5. The Morgan fingerprint density at radius 1 is 0.929 bits per heavy atom. The fourth-order valence-electron chi connectivity index (χ4n) is 4.64. The van der Waals surface area contributed by atoms with Gasteiger partial charge in [-0.1, -0.05) is 45.0 Å². The number of para-hydroxylation sites is 1. The average Bonchev–Trinajstić information content (AvgIpc) is 3.62. The van der Waals surface area contributed by atoms with Crippen LogP contribution in [-0.4, -0.2) is 15.0 Å². The van der Waals surface area contributed by atoms with Crippen LogP contribution in [0.1, 0.15) is 44.4 Å². The zero-order chi connectivity index (χ0) is 32.9. The first kappa shape index (κ1) is 23.8. The molecule has 0 bridgehead atoms. The standard InChI is InChI=1S/C24H22N2OS.C12H10N.Ir/c1-14-8-9-17-16-6-5-7-18(22(16)27-23(17)26-14)20-10-19-15(11-24(2,3)4)13-28-21(19)12-25-20;1-10-7-8-12(13-9-10)11-5-3-2-4-6-11;/h5-10,12-13H,11H2,1-4H3;2-5,7-9H,1H3;/q;-1;/i1D3,11D2;;. The maximum absolute atomic E-state index is 8.75. The molecule has 0 atom stereocenters. The topological polar surface area (TPSA) is 51.8 Å². The van der Waals surface area contributed by atoms with Gasteiger partial charge in [-0.3, -0.25) is 4.98 Å². The van der Waals surface area contributed by atoms with Crippen molar-refractivity contribution in [3.8, 4) is 22.5 Å². The Hall–Kier alpha value is -3.70. The van der Waals surface area contributed by atoms with Crippen LogP contribution in [0.4, 0.5) is 0 Å². The van der Waals surface area contributed by atoms with Crippen molar-refractivity contribution in [1.29, 1.82) is 0 Å². The third-order valence-corrected chi connectivity index (χ3v) is 7.44. The first-order chi connectivity index (χ1) is 21.7. The van der Waals surface area contributed by atoms with Gasteiger partial charge in [0, 0.05) is 61.4 Å². The molecule has 0 N–H and O–H groups in total. The molecule has 5 heterocycles. The number of furan rings is 1. The van der Waals surface area contributed by atoms with Crippen molar-refractivity contribution in [2.75, 3.05) is 0 Å². The molecule has 0 spiro atoms.